The molecule has 3 aliphatic carbocycles. The number of halogens is 5. The first-order chi connectivity index (χ1) is 13.6. The largest absolute Gasteiger partial charge is 0.386 e. The predicted molar refractivity (Wildman–Crippen MR) is 95.5 cm³/mol. The van der Waals surface area contributed by atoms with E-state index < -0.39 is 35.9 Å². The maximum Gasteiger partial charge on any atom is 0.252 e. The fraction of sp³-hybridized carbons (Fsp3) is 0.722. The molecule has 1 atom stereocenters. The molecule has 3 N–H and O–H groups in total. The summed E-state index contributed by atoms with van der Waals surface area (Å²) in [5.74, 6) is -6.29. The minimum Gasteiger partial charge on any atom is -0.386 e. The quantitative estimate of drug-likeness (QED) is 0.628. The Morgan fingerprint density at radius 2 is 1.34 bits per heavy atom. The molecule has 0 bridgehead atoms. The van der Waals surface area contributed by atoms with Crippen LogP contribution in [0.2, 0.25) is 0 Å². The van der Waals surface area contributed by atoms with Crippen LogP contribution in [0, 0.1) is 0 Å². The minimum absolute atomic E-state index is 0.0249. The Morgan fingerprint density at radius 3 is 1.83 bits per heavy atom. The monoisotopic (exact) mass is 419 g/mol. The van der Waals surface area contributed by atoms with Gasteiger partial charge in [0.25, 0.3) is 11.8 Å². The van der Waals surface area contributed by atoms with Crippen molar-refractivity contribution >= 4 is 17.5 Å². The lowest BCUT2D eigenvalue weighted by Gasteiger charge is -2.36. The molecular formula is C18H22F5N5O. The standard InChI is InChI=1S/C18H22F5N5O/c19-13-11(3-1-2-4-12(13)29)14-26-15(24-9-5-17(20,21)6-9)28-16(27-14)25-10-7-18(22,23)8-10/h9-10,12,29H,1-8H2,(H2,24,25,26,27,28). The zero-order valence-electron chi connectivity index (χ0n) is 15.6. The summed E-state index contributed by atoms with van der Waals surface area (Å²) in [5.41, 5.74) is 0.126. The molecule has 4 rings (SSSR count). The van der Waals surface area contributed by atoms with Crippen LogP contribution in [0.5, 0.6) is 0 Å². The first-order valence-corrected chi connectivity index (χ1v) is 9.72. The third-order valence-electron chi connectivity index (χ3n) is 5.49. The Morgan fingerprint density at radius 1 is 0.828 bits per heavy atom. The Balaban J connectivity index is 1.60. The number of hydrogen-bond acceptors (Lipinski definition) is 6. The lowest BCUT2D eigenvalue weighted by atomic mass is 9.88. The molecule has 0 spiro atoms. The van der Waals surface area contributed by atoms with Crippen molar-refractivity contribution in [3.8, 4) is 0 Å². The third-order valence-corrected chi connectivity index (χ3v) is 5.49. The Kier molecular flexibility index (Phi) is 5.12. The molecule has 0 aromatic carbocycles. The number of aliphatic hydroxyl groups excluding tert-OH is 1. The highest BCUT2D eigenvalue weighted by atomic mass is 19.3. The van der Waals surface area contributed by atoms with Crippen LogP contribution >= 0.6 is 0 Å². The van der Waals surface area contributed by atoms with E-state index >= 15 is 0 Å². The zero-order valence-corrected chi connectivity index (χ0v) is 15.6. The van der Waals surface area contributed by atoms with Crippen LogP contribution in [-0.2, 0) is 0 Å². The fourth-order valence-electron chi connectivity index (χ4n) is 3.84. The van der Waals surface area contributed by atoms with Gasteiger partial charge in [-0.05, 0) is 19.3 Å². The molecule has 0 saturated heterocycles. The molecule has 2 fully saturated rings. The fourth-order valence-corrected chi connectivity index (χ4v) is 3.84. The smallest absolute Gasteiger partial charge is 0.252 e. The van der Waals surface area contributed by atoms with Gasteiger partial charge in [0.2, 0.25) is 11.9 Å². The number of nitrogens with zero attached hydrogens (tertiary/aromatic N) is 3. The molecule has 1 aromatic heterocycles. The average molecular weight is 419 g/mol. The molecule has 3 aliphatic rings. The number of alkyl halides is 4. The molecule has 2 saturated carbocycles. The molecule has 1 unspecified atom stereocenters. The molecule has 0 amide bonds. The average Bonchev–Trinajstić information content (AvgIpc) is 2.73. The van der Waals surface area contributed by atoms with Gasteiger partial charge >= 0.3 is 0 Å². The molecule has 11 heteroatoms. The second-order valence-corrected chi connectivity index (χ2v) is 8.11. The van der Waals surface area contributed by atoms with Gasteiger partial charge in [0, 0.05) is 43.3 Å². The van der Waals surface area contributed by atoms with Crippen LogP contribution in [0.4, 0.5) is 33.8 Å². The van der Waals surface area contributed by atoms with Crippen LogP contribution in [-0.4, -0.2) is 50.1 Å². The van der Waals surface area contributed by atoms with Gasteiger partial charge in [-0.25, -0.2) is 22.0 Å². The van der Waals surface area contributed by atoms with E-state index in [4.69, 9.17) is 0 Å². The summed E-state index contributed by atoms with van der Waals surface area (Å²) in [6, 6.07) is -1.08. The number of allylic oxidation sites excluding steroid dienone is 1. The molecule has 0 radical (unpaired) electrons. The first kappa shape index (κ1) is 20.2. The van der Waals surface area contributed by atoms with Crippen molar-refractivity contribution < 1.29 is 27.1 Å². The molecule has 1 aromatic rings. The normalized spacial score (nSPS) is 27.0. The minimum atomic E-state index is -2.74. The van der Waals surface area contributed by atoms with E-state index in [-0.39, 0.29) is 55.4 Å². The molecule has 160 valence electrons. The zero-order chi connectivity index (χ0) is 20.8. The summed E-state index contributed by atoms with van der Waals surface area (Å²) < 4.78 is 67.1. The van der Waals surface area contributed by atoms with Gasteiger partial charge < -0.3 is 15.7 Å². The first-order valence-electron chi connectivity index (χ1n) is 9.72. The number of aliphatic hydroxyl groups is 1. The van der Waals surface area contributed by atoms with Crippen molar-refractivity contribution in [1.82, 2.24) is 15.0 Å². The lowest BCUT2D eigenvalue weighted by Crippen LogP contribution is -2.45. The Bertz CT molecular complexity index is 758. The van der Waals surface area contributed by atoms with Crippen LogP contribution in [0.15, 0.2) is 5.83 Å². The van der Waals surface area contributed by atoms with E-state index in [1.54, 1.807) is 0 Å². The van der Waals surface area contributed by atoms with E-state index in [1.807, 2.05) is 0 Å². The van der Waals surface area contributed by atoms with Crippen molar-refractivity contribution in [2.45, 2.75) is 81.4 Å². The van der Waals surface area contributed by atoms with E-state index in [2.05, 4.69) is 25.6 Å². The summed E-state index contributed by atoms with van der Waals surface area (Å²) in [6.45, 7) is 0. The Hall–Kier alpha value is -2.04. The summed E-state index contributed by atoms with van der Waals surface area (Å²) in [6.07, 6.45) is -0.910. The van der Waals surface area contributed by atoms with Gasteiger partial charge in [-0.1, -0.05) is 6.42 Å². The van der Waals surface area contributed by atoms with E-state index in [0.717, 1.165) is 0 Å². The molecule has 1 heterocycles. The van der Waals surface area contributed by atoms with Gasteiger partial charge in [0.05, 0.1) is 0 Å². The summed E-state index contributed by atoms with van der Waals surface area (Å²) in [4.78, 5) is 12.4. The van der Waals surface area contributed by atoms with Crippen LogP contribution < -0.4 is 10.6 Å². The number of aromatic nitrogens is 3. The van der Waals surface area contributed by atoms with Crippen molar-refractivity contribution in [3.05, 3.63) is 11.7 Å². The van der Waals surface area contributed by atoms with Gasteiger partial charge in [0.1, 0.15) is 11.9 Å². The highest BCUT2D eigenvalue weighted by Crippen LogP contribution is 2.40. The van der Waals surface area contributed by atoms with Crippen LogP contribution in [0.25, 0.3) is 5.57 Å². The second-order valence-electron chi connectivity index (χ2n) is 8.11. The predicted octanol–water partition coefficient (Wildman–Crippen LogP) is 3.91. The highest BCUT2D eigenvalue weighted by molar-refractivity contribution is 5.64. The summed E-state index contributed by atoms with van der Waals surface area (Å²) in [5, 5.41) is 15.5. The molecule has 6 nitrogen and oxygen atoms in total. The molecule has 29 heavy (non-hydrogen) atoms. The van der Waals surface area contributed by atoms with Crippen molar-refractivity contribution in [1.29, 1.82) is 0 Å². The number of hydrogen-bond donors (Lipinski definition) is 3. The lowest BCUT2D eigenvalue weighted by molar-refractivity contribution is -0.0799. The van der Waals surface area contributed by atoms with E-state index in [9.17, 15) is 27.1 Å². The van der Waals surface area contributed by atoms with Crippen LogP contribution in [0.1, 0.15) is 57.2 Å². The molecular weight excluding hydrogens is 397 g/mol. The third kappa shape index (κ3) is 4.59. The maximum atomic E-state index is 14.6. The topological polar surface area (TPSA) is 83.0 Å². The number of anilines is 2. The maximum absolute atomic E-state index is 14.6. The van der Waals surface area contributed by atoms with Gasteiger partial charge in [-0.2, -0.15) is 15.0 Å². The number of nitrogens with one attached hydrogen (secondary N) is 2. The van der Waals surface area contributed by atoms with E-state index in [0.29, 0.717) is 19.3 Å². The highest BCUT2D eigenvalue weighted by Gasteiger charge is 2.46. The second kappa shape index (κ2) is 7.33. The van der Waals surface area contributed by atoms with Crippen molar-refractivity contribution in [2.75, 3.05) is 10.6 Å². The van der Waals surface area contributed by atoms with Gasteiger partial charge in [-0.3, -0.25) is 0 Å². The van der Waals surface area contributed by atoms with Gasteiger partial charge in [-0.15, -0.1) is 0 Å². The Labute approximate surface area is 164 Å². The summed E-state index contributed by atoms with van der Waals surface area (Å²) in [7, 11) is 0. The van der Waals surface area contributed by atoms with Gasteiger partial charge in [0.15, 0.2) is 5.82 Å². The van der Waals surface area contributed by atoms with Crippen molar-refractivity contribution in [3.63, 3.8) is 0 Å². The molecule has 0 aliphatic heterocycles. The van der Waals surface area contributed by atoms with E-state index in [1.165, 1.54) is 0 Å². The SMILES string of the molecule is OC1CCCCC(c2nc(NC3CC(F)(F)C3)nc(NC3CC(F)(F)C3)n2)=C1F. The van der Waals surface area contributed by atoms with Crippen LogP contribution in [0.3, 0.4) is 0 Å². The van der Waals surface area contributed by atoms with Crippen molar-refractivity contribution in [2.24, 2.45) is 0 Å². The number of rotatable bonds is 5. The summed E-state index contributed by atoms with van der Waals surface area (Å²) >= 11 is 0.